The molecule has 2 fully saturated rings. The van der Waals surface area contributed by atoms with Crippen molar-refractivity contribution in [2.45, 2.75) is 58.8 Å². The first kappa shape index (κ1) is 18.0. The zero-order chi connectivity index (χ0) is 18.1. The largest absolute Gasteiger partial charge is 0.334 e. The number of aryl methyl sites for hydroxylation is 2. The Morgan fingerprint density at radius 1 is 1.31 bits per heavy atom. The van der Waals surface area contributed by atoms with Crippen molar-refractivity contribution >= 4 is 11.6 Å². The molecule has 1 saturated carbocycles. The van der Waals surface area contributed by atoms with Crippen molar-refractivity contribution in [2.75, 3.05) is 13.1 Å². The third-order valence-electron chi connectivity index (χ3n) is 6.30. The minimum Gasteiger partial charge on any atom is -0.334 e. The van der Waals surface area contributed by atoms with Crippen LogP contribution in [0.1, 0.15) is 43.1 Å². The quantitative estimate of drug-likeness (QED) is 0.831. The van der Waals surface area contributed by atoms with Gasteiger partial charge in [0.25, 0.3) is 0 Å². The average molecular weight is 373 g/mol. The van der Waals surface area contributed by atoms with Gasteiger partial charge in [-0.25, -0.2) is 4.98 Å². The van der Waals surface area contributed by atoms with Gasteiger partial charge in [-0.3, -0.25) is 4.90 Å². The zero-order valence-electron chi connectivity index (χ0n) is 15.8. The highest BCUT2D eigenvalue weighted by Crippen LogP contribution is 2.56. The van der Waals surface area contributed by atoms with Crippen LogP contribution in [0.2, 0.25) is 5.02 Å². The molecule has 0 bridgehead atoms. The molecule has 1 N–H and O–H groups in total. The Morgan fingerprint density at radius 3 is 2.85 bits per heavy atom. The minimum atomic E-state index is 0.517. The molecule has 2 aliphatic rings. The van der Waals surface area contributed by atoms with Crippen LogP contribution in [0.4, 0.5) is 0 Å². The topological polar surface area (TPSA) is 33.1 Å². The Balaban J connectivity index is 1.56. The van der Waals surface area contributed by atoms with Crippen molar-refractivity contribution in [1.29, 1.82) is 0 Å². The van der Waals surface area contributed by atoms with E-state index in [1.807, 2.05) is 6.20 Å². The van der Waals surface area contributed by atoms with Gasteiger partial charge < -0.3 is 9.88 Å². The summed E-state index contributed by atoms with van der Waals surface area (Å²) in [5.41, 5.74) is 2.96. The molecule has 0 amide bonds. The lowest BCUT2D eigenvalue weighted by Gasteiger charge is -2.29. The van der Waals surface area contributed by atoms with E-state index in [-0.39, 0.29) is 0 Å². The molecular formula is C21H29ClN4. The summed E-state index contributed by atoms with van der Waals surface area (Å²) in [5, 5.41) is 4.38. The van der Waals surface area contributed by atoms with Gasteiger partial charge in [0.15, 0.2) is 0 Å². The zero-order valence-corrected chi connectivity index (χ0v) is 16.6. The van der Waals surface area contributed by atoms with Crippen LogP contribution in [0.3, 0.4) is 0 Å². The van der Waals surface area contributed by atoms with Gasteiger partial charge in [-0.15, -0.1) is 0 Å². The van der Waals surface area contributed by atoms with Gasteiger partial charge in [0.05, 0.1) is 6.54 Å². The molecule has 1 unspecified atom stereocenters. The summed E-state index contributed by atoms with van der Waals surface area (Å²) in [7, 11) is 0. The Hall–Kier alpha value is -1.36. The number of aromatic nitrogens is 2. The molecule has 1 saturated heterocycles. The van der Waals surface area contributed by atoms with Crippen molar-refractivity contribution in [1.82, 2.24) is 19.8 Å². The van der Waals surface area contributed by atoms with Gasteiger partial charge in [-0.1, -0.05) is 23.7 Å². The molecule has 2 aromatic rings. The van der Waals surface area contributed by atoms with Crippen LogP contribution in [0, 0.1) is 12.3 Å². The van der Waals surface area contributed by atoms with Crippen molar-refractivity contribution in [3.05, 3.63) is 52.6 Å². The minimum absolute atomic E-state index is 0.517. The first-order chi connectivity index (χ1) is 12.6. The van der Waals surface area contributed by atoms with E-state index in [1.165, 1.54) is 30.7 Å². The molecule has 4 nitrogen and oxygen atoms in total. The van der Waals surface area contributed by atoms with Gasteiger partial charge in [0, 0.05) is 36.5 Å². The third kappa shape index (κ3) is 3.55. The van der Waals surface area contributed by atoms with E-state index in [1.54, 1.807) is 0 Å². The normalized spacial score (nSPS) is 21.5. The number of nitrogens with zero attached hydrogens (tertiary/aromatic N) is 3. The number of imidazole rings is 1. The molecule has 26 heavy (non-hydrogen) atoms. The van der Waals surface area contributed by atoms with Crippen molar-refractivity contribution < 1.29 is 0 Å². The summed E-state index contributed by atoms with van der Waals surface area (Å²) in [5.74, 6) is 1.17. The van der Waals surface area contributed by atoms with Crippen molar-refractivity contribution in [2.24, 2.45) is 5.41 Å². The van der Waals surface area contributed by atoms with E-state index in [9.17, 15) is 0 Å². The first-order valence-electron chi connectivity index (χ1n) is 9.81. The molecule has 2 heterocycles. The van der Waals surface area contributed by atoms with Crippen LogP contribution < -0.4 is 5.32 Å². The highest BCUT2D eigenvalue weighted by atomic mass is 35.5. The van der Waals surface area contributed by atoms with E-state index in [2.05, 4.69) is 58.0 Å². The molecule has 140 valence electrons. The van der Waals surface area contributed by atoms with E-state index in [0.717, 1.165) is 43.3 Å². The van der Waals surface area contributed by atoms with E-state index in [0.29, 0.717) is 11.5 Å². The molecule has 1 spiro atoms. The Kier molecular flexibility index (Phi) is 5.09. The number of hydrogen-bond acceptors (Lipinski definition) is 3. The molecule has 5 heteroatoms. The summed E-state index contributed by atoms with van der Waals surface area (Å²) < 4.78 is 2.26. The maximum absolute atomic E-state index is 6.38. The predicted octanol–water partition coefficient (Wildman–Crippen LogP) is 4.01. The molecule has 1 aliphatic carbocycles. The Morgan fingerprint density at radius 2 is 2.12 bits per heavy atom. The maximum Gasteiger partial charge on any atom is 0.122 e. The van der Waals surface area contributed by atoms with Crippen molar-refractivity contribution in [3.63, 3.8) is 0 Å². The van der Waals surface area contributed by atoms with Gasteiger partial charge in [0.1, 0.15) is 5.82 Å². The van der Waals surface area contributed by atoms with E-state index < -0.39 is 0 Å². The molecular weight excluding hydrogens is 344 g/mol. The fraction of sp³-hybridized carbons (Fsp3) is 0.571. The first-order valence-corrected chi connectivity index (χ1v) is 10.2. The van der Waals surface area contributed by atoms with Crippen molar-refractivity contribution in [3.8, 4) is 0 Å². The standard InChI is InChI=1S/C21H29ClN4/c1-3-25-11-10-24-20(25)15-26(14-17-5-4-16(2)18(22)12-17)19-13-21(19)6-8-23-9-7-21/h4-5,10-12,19,23H,3,6-9,13-15H2,1-2H3. The monoisotopic (exact) mass is 372 g/mol. The molecule has 1 aliphatic heterocycles. The molecule has 1 aromatic heterocycles. The second-order valence-electron chi connectivity index (χ2n) is 7.95. The predicted molar refractivity (Wildman–Crippen MR) is 106 cm³/mol. The third-order valence-corrected chi connectivity index (χ3v) is 6.70. The van der Waals surface area contributed by atoms with E-state index in [4.69, 9.17) is 11.6 Å². The molecule has 4 rings (SSSR count). The molecule has 1 atom stereocenters. The van der Waals surface area contributed by atoms with Crippen LogP contribution in [0.25, 0.3) is 0 Å². The highest BCUT2D eigenvalue weighted by molar-refractivity contribution is 6.31. The summed E-state index contributed by atoms with van der Waals surface area (Å²) in [6.07, 6.45) is 7.92. The fourth-order valence-corrected chi connectivity index (χ4v) is 4.71. The SMILES string of the molecule is CCn1ccnc1CN(Cc1ccc(C)c(Cl)c1)C1CC12CCNCC2. The lowest BCUT2D eigenvalue weighted by atomic mass is 9.93. The van der Waals surface area contributed by atoms with E-state index >= 15 is 0 Å². The fourth-order valence-electron chi connectivity index (χ4n) is 4.51. The summed E-state index contributed by atoms with van der Waals surface area (Å²) >= 11 is 6.38. The number of hydrogen-bond donors (Lipinski definition) is 1. The summed E-state index contributed by atoms with van der Waals surface area (Å²) in [6.45, 7) is 9.38. The van der Waals surface area contributed by atoms with Crippen LogP contribution in [-0.4, -0.2) is 33.6 Å². The van der Waals surface area contributed by atoms with Crippen LogP contribution in [0.15, 0.2) is 30.6 Å². The second-order valence-corrected chi connectivity index (χ2v) is 8.36. The van der Waals surface area contributed by atoms with Crippen LogP contribution >= 0.6 is 11.6 Å². The van der Waals surface area contributed by atoms with Gasteiger partial charge in [-0.05, 0) is 68.8 Å². The van der Waals surface area contributed by atoms with Crippen LogP contribution in [-0.2, 0) is 19.6 Å². The summed E-state index contributed by atoms with van der Waals surface area (Å²) in [6, 6.07) is 7.15. The lowest BCUT2D eigenvalue weighted by molar-refractivity contribution is 0.182. The summed E-state index contributed by atoms with van der Waals surface area (Å²) in [4.78, 5) is 7.27. The number of rotatable bonds is 6. The number of halogens is 1. The van der Waals surface area contributed by atoms with Crippen LogP contribution in [0.5, 0.6) is 0 Å². The van der Waals surface area contributed by atoms with Gasteiger partial charge in [0.2, 0.25) is 0 Å². The number of benzene rings is 1. The number of piperidine rings is 1. The molecule has 0 radical (unpaired) electrons. The average Bonchev–Trinajstić information content (AvgIpc) is 3.13. The molecule has 1 aromatic carbocycles. The highest BCUT2D eigenvalue weighted by Gasteiger charge is 2.56. The second kappa shape index (κ2) is 7.34. The lowest BCUT2D eigenvalue weighted by Crippen LogP contribution is -2.36. The smallest absolute Gasteiger partial charge is 0.122 e. The van der Waals surface area contributed by atoms with Gasteiger partial charge >= 0.3 is 0 Å². The Labute approximate surface area is 161 Å². The number of nitrogens with one attached hydrogen (secondary N) is 1. The Bertz CT molecular complexity index is 763. The maximum atomic E-state index is 6.38. The van der Waals surface area contributed by atoms with Gasteiger partial charge in [-0.2, -0.15) is 0 Å².